The summed E-state index contributed by atoms with van der Waals surface area (Å²) in [7, 11) is 0. The number of ether oxygens (including phenoxy) is 2. The van der Waals surface area contributed by atoms with E-state index in [4.69, 9.17) is 10.2 Å². The third-order valence-electron chi connectivity index (χ3n) is 4.41. The molecule has 0 heterocycles. The Morgan fingerprint density at radius 3 is 1.42 bits per heavy atom. The van der Waals surface area contributed by atoms with Crippen LogP contribution in [0.3, 0.4) is 0 Å². The number of carbonyl (C=O) groups excluding carboxylic acids is 2. The van der Waals surface area contributed by atoms with Gasteiger partial charge in [0.1, 0.15) is 11.3 Å². The number of benzene rings is 1. The maximum absolute atomic E-state index is 14.9. The molecule has 0 atom stereocenters. The zero-order chi connectivity index (χ0) is 30.4. The van der Waals surface area contributed by atoms with Gasteiger partial charge >= 0.3 is 47.8 Å². The van der Waals surface area contributed by atoms with Crippen LogP contribution in [0.25, 0.3) is 0 Å². The van der Waals surface area contributed by atoms with E-state index in [9.17, 15) is 62.3 Å². The van der Waals surface area contributed by atoms with Gasteiger partial charge in [-0.15, -0.1) is 0 Å². The number of carbonyl (C=O) groups is 2. The van der Waals surface area contributed by atoms with Crippen molar-refractivity contribution in [3.05, 3.63) is 47.6 Å². The second kappa shape index (κ2) is 9.79. The van der Waals surface area contributed by atoms with E-state index < -0.39 is 93.8 Å². The maximum atomic E-state index is 14.9. The first kappa shape index (κ1) is 32.7. The molecule has 0 bridgehead atoms. The lowest BCUT2D eigenvalue weighted by molar-refractivity contribution is -0.389. The fourth-order valence-corrected chi connectivity index (χ4v) is 2.37. The molecule has 0 spiro atoms. The first-order valence-corrected chi connectivity index (χ1v) is 9.31. The van der Waals surface area contributed by atoms with Gasteiger partial charge < -0.3 is 19.7 Å². The molecular weight excluding hydrogens is 564 g/mol. The minimum absolute atomic E-state index is 0.428. The standard InChI is InChI=1S/C20H14F12O6/c1-7(2)13(33)37-10-6-5-9(15(21,22)17(25,26)19(29,30)35)12(38-14(34)8(3)4)11(10)16(23,24)18(27,28)20(31,32)36/h5-6,35-36H,1,3H2,2,4H3. The Morgan fingerprint density at radius 2 is 1.05 bits per heavy atom. The molecule has 38 heavy (non-hydrogen) atoms. The van der Waals surface area contributed by atoms with Crippen molar-refractivity contribution in [2.45, 2.75) is 49.8 Å². The summed E-state index contributed by atoms with van der Waals surface area (Å²) in [6.45, 7) is 7.23. The van der Waals surface area contributed by atoms with Crippen LogP contribution in [0, 0.1) is 0 Å². The van der Waals surface area contributed by atoms with E-state index in [0.29, 0.717) is 6.92 Å². The van der Waals surface area contributed by atoms with E-state index in [1.165, 1.54) is 0 Å². The summed E-state index contributed by atoms with van der Waals surface area (Å²) in [5.41, 5.74) is -7.85. The fourth-order valence-electron chi connectivity index (χ4n) is 2.37. The summed E-state index contributed by atoms with van der Waals surface area (Å²) in [6, 6.07) is -0.987. The second-order valence-electron chi connectivity index (χ2n) is 7.54. The molecule has 0 saturated carbocycles. The number of rotatable bonds is 10. The predicted octanol–water partition coefficient (Wildman–Crippen LogP) is 5.27. The number of hydrogen-bond acceptors (Lipinski definition) is 6. The molecule has 0 aliphatic heterocycles. The third-order valence-corrected chi connectivity index (χ3v) is 4.41. The Kier molecular flexibility index (Phi) is 8.44. The van der Waals surface area contributed by atoms with Crippen LogP contribution in [0.4, 0.5) is 52.7 Å². The van der Waals surface area contributed by atoms with Crippen LogP contribution >= 0.6 is 0 Å². The third kappa shape index (κ3) is 5.45. The van der Waals surface area contributed by atoms with Crippen molar-refractivity contribution in [2.24, 2.45) is 0 Å². The summed E-state index contributed by atoms with van der Waals surface area (Å²) in [5, 5.41) is 16.6. The molecular formula is C20H14F12O6. The lowest BCUT2D eigenvalue weighted by Gasteiger charge is -2.34. The number of esters is 2. The van der Waals surface area contributed by atoms with Gasteiger partial charge in [0.15, 0.2) is 5.75 Å². The van der Waals surface area contributed by atoms with E-state index in [1.807, 2.05) is 0 Å². The lowest BCUT2D eigenvalue weighted by atomic mass is 9.92. The van der Waals surface area contributed by atoms with Crippen LogP contribution in [0.15, 0.2) is 36.4 Å². The van der Waals surface area contributed by atoms with Crippen LogP contribution in [0.2, 0.25) is 0 Å². The Bertz CT molecular complexity index is 1150. The topological polar surface area (TPSA) is 93.1 Å². The first-order chi connectivity index (χ1) is 16.7. The monoisotopic (exact) mass is 578 g/mol. The SMILES string of the molecule is C=C(C)C(=O)Oc1ccc(C(F)(F)C(F)(F)C(O)(F)F)c(OC(=O)C(=C)C)c1C(F)(F)C(F)(F)C(O)(F)F. The van der Waals surface area contributed by atoms with Crippen molar-refractivity contribution in [3.8, 4) is 11.5 Å². The maximum Gasteiger partial charge on any atom is 0.423 e. The van der Waals surface area contributed by atoms with Crippen molar-refractivity contribution >= 4 is 11.9 Å². The Morgan fingerprint density at radius 1 is 0.684 bits per heavy atom. The number of hydrogen-bond donors (Lipinski definition) is 2. The molecule has 1 aromatic rings. The van der Waals surface area contributed by atoms with E-state index in [0.717, 1.165) is 6.92 Å². The van der Waals surface area contributed by atoms with Gasteiger partial charge in [-0.05, 0) is 26.0 Å². The summed E-state index contributed by atoms with van der Waals surface area (Å²) < 4.78 is 175. The average molecular weight is 578 g/mol. The van der Waals surface area contributed by atoms with Crippen LogP contribution < -0.4 is 9.47 Å². The molecule has 1 aromatic carbocycles. The van der Waals surface area contributed by atoms with E-state index in [2.05, 4.69) is 22.6 Å². The van der Waals surface area contributed by atoms with Gasteiger partial charge in [-0.2, -0.15) is 52.7 Å². The molecule has 1 rings (SSSR count). The van der Waals surface area contributed by atoms with Gasteiger partial charge in [-0.3, -0.25) is 0 Å². The molecule has 2 N–H and O–H groups in total. The van der Waals surface area contributed by atoms with E-state index >= 15 is 0 Å². The summed E-state index contributed by atoms with van der Waals surface area (Å²) in [5.74, 6) is -36.4. The molecule has 0 fully saturated rings. The Labute approximate surface area is 203 Å². The molecule has 6 nitrogen and oxygen atoms in total. The quantitative estimate of drug-likeness (QED) is 0.170. The average Bonchev–Trinajstić information content (AvgIpc) is 2.71. The number of alkyl halides is 12. The molecule has 0 radical (unpaired) electrons. The van der Waals surface area contributed by atoms with Crippen LogP contribution in [-0.4, -0.2) is 46.2 Å². The van der Waals surface area contributed by atoms with Gasteiger partial charge in [-0.1, -0.05) is 13.2 Å². The zero-order valence-corrected chi connectivity index (χ0v) is 18.6. The summed E-state index contributed by atoms with van der Waals surface area (Å²) in [6.07, 6.45) is -13.4. The van der Waals surface area contributed by atoms with Crippen molar-refractivity contribution in [3.63, 3.8) is 0 Å². The summed E-state index contributed by atoms with van der Waals surface area (Å²) >= 11 is 0. The highest BCUT2D eigenvalue weighted by molar-refractivity contribution is 5.90. The fraction of sp³-hybridized carbons (Fsp3) is 0.400. The molecule has 18 heteroatoms. The number of halogens is 12. The molecule has 0 aliphatic carbocycles. The van der Waals surface area contributed by atoms with E-state index in [-0.39, 0.29) is 0 Å². The van der Waals surface area contributed by atoms with Crippen molar-refractivity contribution in [1.29, 1.82) is 0 Å². The molecule has 0 saturated heterocycles. The van der Waals surface area contributed by atoms with Crippen LogP contribution in [-0.2, 0) is 21.4 Å². The Hall–Kier alpha value is -3.28. The lowest BCUT2D eigenvalue weighted by Crippen LogP contribution is -2.54. The zero-order valence-electron chi connectivity index (χ0n) is 18.6. The molecule has 0 aromatic heterocycles. The minimum atomic E-state index is -7.06. The highest BCUT2D eigenvalue weighted by Gasteiger charge is 2.76. The van der Waals surface area contributed by atoms with Gasteiger partial charge in [0.2, 0.25) is 0 Å². The normalized spacial score (nSPS) is 13.7. The highest BCUT2D eigenvalue weighted by atomic mass is 19.4. The highest BCUT2D eigenvalue weighted by Crippen LogP contribution is 2.59. The van der Waals surface area contributed by atoms with Crippen molar-refractivity contribution in [2.75, 3.05) is 0 Å². The minimum Gasteiger partial charge on any atom is -0.423 e. The smallest absolute Gasteiger partial charge is 0.423 e. The van der Waals surface area contributed by atoms with E-state index in [1.54, 1.807) is 0 Å². The Balaban J connectivity index is 4.41. The first-order valence-electron chi connectivity index (χ1n) is 9.31. The molecule has 0 unspecified atom stereocenters. The summed E-state index contributed by atoms with van der Waals surface area (Å²) in [4.78, 5) is 23.7. The van der Waals surface area contributed by atoms with Gasteiger partial charge in [0.05, 0.1) is 5.56 Å². The largest absolute Gasteiger partial charge is 0.423 e. The van der Waals surface area contributed by atoms with Crippen molar-refractivity contribution in [1.82, 2.24) is 0 Å². The second-order valence-corrected chi connectivity index (χ2v) is 7.54. The van der Waals surface area contributed by atoms with Crippen LogP contribution in [0.1, 0.15) is 25.0 Å². The van der Waals surface area contributed by atoms with Gasteiger partial charge in [0, 0.05) is 11.1 Å². The molecule has 0 aliphatic rings. The van der Waals surface area contributed by atoms with Crippen LogP contribution in [0.5, 0.6) is 11.5 Å². The predicted molar refractivity (Wildman–Crippen MR) is 99.4 cm³/mol. The molecule has 0 amide bonds. The van der Waals surface area contributed by atoms with Crippen molar-refractivity contribution < 1.29 is 82.0 Å². The van der Waals surface area contributed by atoms with Gasteiger partial charge in [0.25, 0.3) is 0 Å². The number of aliphatic hydroxyl groups is 2. The molecule has 214 valence electrons. The van der Waals surface area contributed by atoms with Gasteiger partial charge in [-0.25, -0.2) is 9.59 Å².